The predicted octanol–water partition coefficient (Wildman–Crippen LogP) is 5.44. The van der Waals surface area contributed by atoms with Crippen LogP contribution < -0.4 is 4.74 Å². The van der Waals surface area contributed by atoms with Crippen LogP contribution in [-0.2, 0) is 3.23 Å². The average molecular weight is 356 g/mol. The third-order valence-corrected chi connectivity index (χ3v) is 3.24. The van der Waals surface area contributed by atoms with Crippen LogP contribution in [0.5, 0.6) is 11.5 Å². The maximum atomic E-state index is 5.77. The fourth-order valence-electron chi connectivity index (χ4n) is 1.46. The van der Waals surface area contributed by atoms with Crippen molar-refractivity contribution in [3.05, 3.63) is 60.2 Å². The molecule has 0 N–H and O–H groups in total. The number of alkyl halides is 2. The molecule has 0 radical (unpaired) electrons. The predicted molar refractivity (Wildman–Crippen MR) is 78.2 cm³/mol. The van der Waals surface area contributed by atoms with E-state index in [1.165, 1.54) is 0 Å². The van der Waals surface area contributed by atoms with Crippen LogP contribution >= 0.6 is 31.9 Å². The molecule has 3 heteroatoms. The Hall–Kier alpha value is -0.800. The zero-order valence-corrected chi connectivity index (χ0v) is 12.5. The lowest BCUT2D eigenvalue weighted by Crippen LogP contribution is -2.01. The Morgan fingerprint density at radius 2 is 1.53 bits per heavy atom. The van der Waals surface area contributed by atoms with Crippen molar-refractivity contribution in [1.29, 1.82) is 0 Å². The molecule has 0 aliphatic heterocycles. The number of rotatable bonds is 3. The highest BCUT2D eigenvalue weighted by atomic mass is 79.9. The first-order valence-corrected chi connectivity index (χ1v) is 6.85. The van der Waals surface area contributed by atoms with Gasteiger partial charge in [0.15, 0.2) is 0 Å². The second-order valence-corrected chi connectivity index (χ2v) is 8.07. The molecule has 0 spiro atoms. The molecule has 0 saturated heterocycles. The van der Waals surface area contributed by atoms with E-state index in [9.17, 15) is 0 Å². The monoisotopic (exact) mass is 354 g/mol. The first-order valence-electron chi connectivity index (χ1n) is 5.27. The maximum Gasteiger partial charge on any atom is 0.127 e. The molecule has 0 aliphatic rings. The van der Waals surface area contributed by atoms with E-state index < -0.39 is 0 Å². The molecule has 0 fully saturated rings. The fourth-order valence-corrected chi connectivity index (χ4v) is 1.95. The zero-order valence-electron chi connectivity index (χ0n) is 9.36. The van der Waals surface area contributed by atoms with Gasteiger partial charge in [0.2, 0.25) is 0 Å². The Labute approximate surface area is 118 Å². The zero-order chi connectivity index (χ0) is 12.3. The lowest BCUT2D eigenvalue weighted by atomic mass is 10.1. The smallest absolute Gasteiger partial charge is 0.127 e. The second kappa shape index (κ2) is 5.23. The number of ether oxygens (including phenoxy) is 1. The molecule has 0 amide bonds. The molecule has 1 nitrogen and oxygen atoms in total. The van der Waals surface area contributed by atoms with Crippen LogP contribution in [0.3, 0.4) is 0 Å². The SMILES string of the molecule is CC(Br)(Br)c1cccc(Oc2ccccc2)c1. The van der Waals surface area contributed by atoms with Gasteiger partial charge in [-0.1, -0.05) is 62.2 Å². The number of hydrogen-bond acceptors (Lipinski definition) is 1. The van der Waals surface area contributed by atoms with Crippen LogP contribution in [0.4, 0.5) is 0 Å². The lowest BCUT2D eigenvalue weighted by Gasteiger charge is -2.15. The van der Waals surface area contributed by atoms with E-state index in [1.54, 1.807) is 0 Å². The van der Waals surface area contributed by atoms with Crippen molar-refractivity contribution in [1.82, 2.24) is 0 Å². The van der Waals surface area contributed by atoms with Crippen molar-refractivity contribution in [3.63, 3.8) is 0 Å². The van der Waals surface area contributed by atoms with Gasteiger partial charge in [-0.3, -0.25) is 0 Å². The van der Waals surface area contributed by atoms with Gasteiger partial charge in [0.05, 0.1) is 0 Å². The third kappa shape index (κ3) is 3.58. The molecular weight excluding hydrogens is 344 g/mol. The molecule has 0 bridgehead atoms. The van der Waals surface area contributed by atoms with Gasteiger partial charge in [-0.05, 0) is 36.8 Å². The molecular formula is C14H12Br2O. The lowest BCUT2D eigenvalue weighted by molar-refractivity contribution is 0.482. The third-order valence-electron chi connectivity index (χ3n) is 2.32. The van der Waals surface area contributed by atoms with Crippen molar-refractivity contribution < 1.29 is 4.74 Å². The molecule has 0 aromatic heterocycles. The topological polar surface area (TPSA) is 9.23 Å². The minimum absolute atomic E-state index is 0.226. The van der Waals surface area contributed by atoms with E-state index in [-0.39, 0.29) is 3.23 Å². The van der Waals surface area contributed by atoms with Crippen molar-refractivity contribution in [2.45, 2.75) is 10.2 Å². The molecule has 0 saturated carbocycles. The van der Waals surface area contributed by atoms with Crippen molar-refractivity contribution in [3.8, 4) is 11.5 Å². The van der Waals surface area contributed by atoms with Crippen LogP contribution in [0.2, 0.25) is 0 Å². The Kier molecular flexibility index (Phi) is 3.89. The van der Waals surface area contributed by atoms with E-state index in [2.05, 4.69) is 31.9 Å². The summed E-state index contributed by atoms with van der Waals surface area (Å²) in [4.78, 5) is 0. The van der Waals surface area contributed by atoms with Crippen molar-refractivity contribution in [2.24, 2.45) is 0 Å². The number of benzene rings is 2. The van der Waals surface area contributed by atoms with Gasteiger partial charge < -0.3 is 4.74 Å². The first-order chi connectivity index (χ1) is 8.05. The molecule has 0 heterocycles. The highest BCUT2D eigenvalue weighted by molar-refractivity contribution is 9.24. The summed E-state index contributed by atoms with van der Waals surface area (Å²) < 4.78 is 5.55. The van der Waals surface area contributed by atoms with Crippen LogP contribution in [0.1, 0.15) is 12.5 Å². The molecule has 0 unspecified atom stereocenters. The minimum Gasteiger partial charge on any atom is -0.457 e. The largest absolute Gasteiger partial charge is 0.457 e. The van der Waals surface area contributed by atoms with Gasteiger partial charge in [0.1, 0.15) is 14.7 Å². The minimum atomic E-state index is -0.226. The van der Waals surface area contributed by atoms with Gasteiger partial charge in [0.25, 0.3) is 0 Å². The van der Waals surface area contributed by atoms with E-state index in [4.69, 9.17) is 4.74 Å². The normalized spacial score (nSPS) is 11.2. The van der Waals surface area contributed by atoms with Gasteiger partial charge >= 0.3 is 0 Å². The Balaban J connectivity index is 2.23. The van der Waals surface area contributed by atoms with Crippen LogP contribution in [0.25, 0.3) is 0 Å². The van der Waals surface area contributed by atoms with Crippen molar-refractivity contribution in [2.75, 3.05) is 0 Å². The highest BCUT2D eigenvalue weighted by Crippen LogP contribution is 2.38. The summed E-state index contributed by atoms with van der Waals surface area (Å²) in [6.45, 7) is 2.04. The summed E-state index contributed by atoms with van der Waals surface area (Å²) in [5.74, 6) is 1.68. The van der Waals surface area contributed by atoms with E-state index >= 15 is 0 Å². The number of hydrogen-bond donors (Lipinski definition) is 0. The van der Waals surface area contributed by atoms with Crippen LogP contribution in [0.15, 0.2) is 54.6 Å². The van der Waals surface area contributed by atoms with E-state index in [0.717, 1.165) is 17.1 Å². The van der Waals surface area contributed by atoms with E-state index in [0.29, 0.717) is 0 Å². The molecule has 0 atom stereocenters. The maximum absolute atomic E-state index is 5.77. The Morgan fingerprint density at radius 1 is 0.882 bits per heavy atom. The molecule has 88 valence electrons. The van der Waals surface area contributed by atoms with Gasteiger partial charge in [-0.25, -0.2) is 0 Å². The second-order valence-electron chi connectivity index (χ2n) is 3.83. The summed E-state index contributed by atoms with van der Waals surface area (Å²) in [5, 5.41) is 0. The average Bonchev–Trinajstić information content (AvgIpc) is 2.29. The van der Waals surface area contributed by atoms with Crippen LogP contribution in [-0.4, -0.2) is 0 Å². The summed E-state index contributed by atoms with van der Waals surface area (Å²) >= 11 is 7.13. The van der Waals surface area contributed by atoms with E-state index in [1.807, 2.05) is 61.5 Å². The highest BCUT2D eigenvalue weighted by Gasteiger charge is 2.18. The molecule has 2 aromatic carbocycles. The van der Waals surface area contributed by atoms with Gasteiger partial charge in [0, 0.05) is 0 Å². The fraction of sp³-hybridized carbons (Fsp3) is 0.143. The molecule has 2 aromatic rings. The Morgan fingerprint density at radius 3 is 2.18 bits per heavy atom. The first kappa shape index (κ1) is 12.7. The molecule has 2 rings (SSSR count). The van der Waals surface area contributed by atoms with Crippen molar-refractivity contribution >= 4 is 31.9 Å². The standard InChI is InChI=1S/C14H12Br2O/c1-14(15,16)11-6-5-9-13(10-11)17-12-7-3-2-4-8-12/h2-10H,1H3. The summed E-state index contributed by atoms with van der Waals surface area (Å²) in [5.41, 5.74) is 1.12. The number of halogens is 2. The molecule has 17 heavy (non-hydrogen) atoms. The summed E-state index contributed by atoms with van der Waals surface area (Å²) in [6.07, 6.45) is 0. The number of para-hydroxylation sites is 1. The van der Waals surface area contributed by atoms with Crippen LogP contribution in [0, 0.1) is 0 Å². The van der Waals surface area contributed by atoms with Gasteiger partial charge in [-0.15, -0.1) is 0 Å². The summed E-state index contributed by atoms with van der Waals surface area (Å²) in [7, 11) is 0. The Bertz CT molecular complexity index is 489. The molecule has 0 aliphatic carbocycles. The summed E-state index contributed by atoms with van der Waals surface area (Å²) in [6, 6.07) is 17.7. The quantitative estimate of drug-likeness (QED) is 0.666. The van der Waals surface area contributed by atoms with Gasteiger partial charge in [-0.2, -0.15) is 0 Å².